The van der Waals surface area contributed by atoms with Crippen molar-refractivity contribution < 1.29 is 0 Å². The van der Waals surface area contributed by atoms with E-state index < -0.39 is 0 Å². The van der Waals surface area contributed by atoms with Crippen LogP contribution in [0.15, 0.2) is 18.2 Å². The summed E-state index contributed by atoms with van der Waals surface area (Å²) in [6, 6.07) is 6.70. The SMILES string of the molecule is CC(C)P(Cc1cccc(CP(C(C)(C)C)C(C)(C)C)n1)C(C)C. The Labute approximate surface area is 153 Å². The fourth-order valence-corrected chi connectivity index (χ4v) is 9.43. The van der Waals surface area contributed by atoms with Gasteiger partial charge in [0.1, 0.15) is 0 Å². The van der Waals surface area contributed by atoms with Crippen molar-refractivity contribution in [1.82, 2.24) is 4.98 Å². The third kappa shape index (κ3) is 6.72. The van der Waals surface area contributed by atoms with Gasteiger partial charge < -0.3 is 0 Å². The van der Waals surface area contributed by atoms with E-state index in [4.69, 9.17) is 4.98 Å². The predicted molar refractivity (Wildman–Crippen MR) is 115 cm³/mol. The van der Waals surface area contributed by atoms with E-state index >= 15 is 0 Å². The highest BCUT2D eigenvalue weighted by molar-refractivity contribution is 7.60. The minimum Gasteiger partial charge on any atom is -0.257 e. The van der Waals surface area contributed by atoms with Gasteiger partial charge in [-0.05, 0) is 33.8 Å². The van der Waals surface area contributed by atoms with Gasteiger partial charge in [-0.3, -0.25) is 4.98 Å². The normalized spacial score (nSPS) is 13.6. The van der Waals surface area contributed by atoms with Crippen LogP contribution in [0.2, 0.25) is 0 Å². The van der Waals surface area contributed by atoms with E-state index in [0.29, 0.717) is 10.3 Å². The lowest BCUT2D eigenvalue weighted by Gasteiger charge is -2.41. The van der Waals surface area contributed by atoms with Crippen LogP contribution in [-0.4, -0.2) is 26.6 Å². The summed E-state index contributed by atoms with van der Waals surface area (Å²) in [6.07, 6.45) is 2.30. The Balaban J connectivity index is 2.99. The molecule has 1 aromatic rings. The largest absolute Gasteiger partial charge is 0.257 e. The highest BCUT2D eigenvalue weighted by Gasteiger charge is 2.34. The Morgan fingerprint density at radius 1 is 0.792 bits per heavy atom. The van der Waals surface area contributed by atoms with Crippen molar-refractivity contribution >= 4 is 15.8 Å². The summed E-state index contributed by atoms with van der Waals surface area (Å²) in [7, 11) is -0.124. The Morgan fingerprint density at radius 3 is 1.58 bits per heavy atom. The fourth-order valence-electron chi connectivity index (χ4n) is 3.50. The van der Waals surface area contributed by atoms with Gasteiger partial charge in [0.05, 0.1) is 0 Å². The summed E-state index contributed by atoms with van der Waals surface area (Å²) in [5, 5.41) is 0.710. The van der Waals surface area contributed by atoms with E-state index in [-0.39, 0.29) is 15.8 Å². The number of hydrogen-bond acceptors (Lipinski definition) is 1. The van der Waals surface area contributed by atoms with Crippen molar-refractivity contribution in [1.29, 1.82) is 0 Å². The molecule has 0 saturated heterocycles. The number of rotatable bonds is 6. The monoisotopic (exact) mass is 367 g/mol. The van der Waals surface area contributed by atoms with Crippen molar-refractivity contribution in [2.75, 3.05) is 0 Å². The maximum Gasteiger partial charge on any atom is 0.0450 e. The molecule has 1 rings (SSSR count). The van der Waals surface area contributed by atoms with Crippen molar-refractivity contribution in [3.05, 3.63) is 29.6 Å². The molecule has 0 aliphatic carbocycles. The molecule has 0 atom stereocenters. The second-order valence-corrected chi connectivity index (χ2v) is 16.7. The highest BCUT2D eigenvalue weighted by Crippen LogP contribution is 2.61. The average molecular weight is 367 g/mol. The molecule has 0 radical (unpaired) electrons. The molecule has 0 amide bonds. The Bertz CT molecular complexity index is 487. The molecule has 0 fully saturated rings. The lowest BCUT2D eigenvalue weighted by atomic mass is 10.2. The molecule has 1 aromatic heterocycles. The smallest absolute Gasteiger partial charge is 0.0450 e. The molecule has 138 valence electrons. The molecule has 0 unspecified atom stereocenters. The van der Waals surface area contributed by atoms with Crippen LogP contribution in [-0.2, 0) is 12.3 Å². The third-order valence-electron chi connectivity index (χ3n) is 4.48. The van der Waals surface area contributed by atoms with Gasteiger partial charge >= 0.3 is 0 Å². The Morgan fingerprint density at radius 2 is 1.21 bits per heavy atom. The first-order valence-corrected chi connectivity index (χ1v) is 12.5. The van der Waals surface area contributed by atoms with Crippen molar-refractivity contribution in [3.63, 3.8) is 0 Å². The molecule has 0 N–H and O–H groups in total. The average Bonchev–Trinajstić information content (AvgIpc) is 2.39. The topological polar surface area (TPSA) is 12.9 Å². The molecule has 0 spiro atoms. The summed E-state index contributed by atoms with van der Waals surface area (Å²) in [4.78, 5) is 5.08. The number of nitrogens with zero attached hydrogens (tertiary/aromatic N) is 1. The number of hydrogen-bond donors (Lipinski definition) is 0. The zero-order valence-electron chi connectivity index (χ0n) is 17.6. The summed E-state index contributed by atoms with van der Waals surface area (Å²) in [6.45, 7) is 23.8. The van der Waals surface area contributed by atoms with Gasteiger partial charge in [-0.2, -0.15) is 0 Å². The first kappa shape index (κ1) is 22.1. The predicted octanol–water partition coefficient (Wildman–Crippen LogP) is 7.46. The van der Waals surface area contributed by atoms with Crippen molar-refractivity contribution in [2.24, 2.45) is 0 Å². The lowest BCUT2D eigenvalue weighted by molar-refractivity contribution is 0.701. The van der Waals surface area contributed by atoms with Crippen LogP contribution < -0.4 is 0 Å². The molecular weight excluding hydrogens is 328 g/mol. The van der Waals surface area contributed by atoms with Gasteiger partial charge in [0.15, 0.2) is 0 Å². The zero-order valence-corrected chi connectivity index (χ0v) is 19.4. The summed E-state index contributed by atoms with van der Waals surface area (Å²) < 4.78 is 0. The maximum absolute atomic E-state index is 5.08. The molecule has 0 saturated carbocycles. The van der Waals surface area contributed by atoms with E-state index in [1.54, 1.807) is 0 Å². The fraction of sp³-hybridized carbons (Fsp3) is 0.762. The zero-order chi connectivity index (χ0) is 18.7. The van der Waals surface area contributed by atoms with Crippen LogP contribution in [0.1, 0.15) is 80.6 Å². The number of aromatic nitrogens is 1. The van der Waals surface area contributed by atoms with E-state index in [0.717, 1.165) is 17.5 Å². The van der Waals surface area contributed by atoms with Crippen LogP contribution >= 0.6 is 15.8 Å². The molecule has 3 heteroatoms. The first-order valence-electron chi connectivity index (χ1n) is 9.30. The van der Waals surface area contributed by atoms with Gasteiger partial charge in [-0.25, -0.2) is 0 Å². The molecule has 0 bridgehead atoms. The van der Waals surface area contributed by atoms with Crippen LogP contribution in [0.4, 0.5) is 0 Å². The Hall–Kier alpha value is 0.01000. The van der Waals surface area contributed by atoms with Gasteiger partial charge in [-0.1, -0.05) is 91.1 Å². The van der Waals surface area contributed by atoms with Crippen molar-refractivity contribution in [2.45, 2.75) is 103 Å². The molecule has 1 heterocycles. The highest BCUT2D eigenvalue weighted by atomic mass is 31.1. The first-order chi connectivity index (χ1) is 10.8. The van der Waals surface area contributed by atoms with Crippen LogP contribution in [0.3, 0.4) is 0 Å². The van der Waals surface area contributed by atoms with Gasteiger partial charge in [0, 0.05) is 23.7 Å². The molecule has 0 aliphatic heterocycles. The summed E-state index contributed by atoms with van der Waals surface area (Å²) in [5.41, 5.74) is 4.14. The van der Waals surface area contributed by atoms with Gasteiger partial charge in [0.25, 0.3) is 0 Å². The second kappa shape index (κ2) is 8.60. The van der Waals surface area contributed by atoms with E-state index in [1.165, 1.54) is 17.5 Å². The van der Waals surface area contributed by atoms with Crippen molar-refractivity contribution in [3.8, 4) is 0 Å². The summed E-state index contributed by atoms with van der Waals surface area (Å²) >= 11 is 0. The number of pyridine rings is 1. The van der Waals surface area contributed by atoms with Crippen LogP contribution in [0, 0.1) is 0 Å². The maximum atomic E-state index is 5.08. The Kier molecular flexibility index (Phi) is 7.90. The molecule has 1 nitrogen and oxygen atoms in total. The quantitative estimate of drug-likeness (QED) is 0.475. The van der Waals surface area contributed by atoms with Gasteiger partial charge in [0.2, 0.25) is 0 Å². The van der Waals surface area contributed by atoms with E-state index in [9.17, 15) is 0 Å². The lowest BCUT2D eigenvalue weighted by Crippen LogP contribution is -2.26. The minimum absolute atomic E-state index is 0.00998. The minimum atomic E-state index is -0.134. The van der Waals surface area contributed by atoms with E-state index in [1.807, 2.05) is 0 Å². The molecular formula is C21H39NP2. The van der Waals surface area contributed by atoms with E-state index in [2.05, 4.69) is 87.4 Å². The van der Waals surface area contributed by atoms with Crippen LogP contribution in [0.5, 0.6) is 0 Å². The van der Waals surface area contributed by atoms with Crippen LogP contribution in [0.25, 0.3) is 0 Å². The molecule has 0 aromatic carbocycles. The van der Waals surface area contributed by atoms with Gasteiger partial charge in [-0.15, -0.1) is 0 Å². The second-order valence-electron chi connectivity index (χ2n) is 9.41. The molecule has 0 aliphatic rings. The molecule has 24 heavy (non-hydrogen) atoms. The standard InChI is InChI=1S/C21H39NP2/c1-16(2)23(17(3)4)14-18-12-11-13-19(22-18)15-24(20(5,6)7)21(8,9)10/h11-13,16-17H,14-15H2,1-10H3. The third-order valence-corrected chi connectivity index (χ3v) is 11.7. The summed E-state index contributed by atoms with van der Waals surface area (Å²) in [5.74, 6) is 0.